The molecule has 2 heterocycles. The van der Waals surface area contributed by atoms with Crippen LogP contribution in [0.15, 0.2) is 72.8 Å². The average molecular weight is 413 g/mol. The first-order chi connectivity index (χ1) is 14.9. The molecule has 0 aliphatic carbocycles. The van der Waals surface area contributed by atoms with Crippen molar-refractivity contribution in [3.63, 3.8) is 0 Å². The van der Waals surface area contributed by atoms with Crippen molar-refractivity contribution < 1.29 is 14.3 Å². The number of nitrogens with one attached hydrogen (secondary N) is 2. The predicted molar refractivity (Wildman–Crippen MR) is 119 cm³/mol. The Morgan fingerprint density at radius 3 is 2.74 bits per heavy atom. The van der Waals surface area contributed by atoms with Crippen LogP contribution in [0.5, 0.6) is 5.75 Å². The van der Waals surface area contributed by atoms with Gasteiger partial charge < -0.3 is 15.4 Å². The minimum Gasteiger partial charge on any atom is -0.467 e. The monoisotopic (exact) mass is 413 g/mol. The van der Waals surface area contributed by atoms with Crippen molar-refractivity contribution in [3.8, 4) is 5.75 Å². The van der Waals surface area contributed by atoms with Gasteiger partial charge >= 0.3 is 6.03 Å². The number of ether oxygens (including phenoxy) is 1. The molecule has 2 N–H and O–H groups in total. The van der Waals surface area contributed by atoms with Gasteiger partial charge in [0, 0.05) is 23.2 Å². The molecule has 2 aliphatic heterocycles. The number of hydrogen-bond donors (Lipinski definition) is 2. The maximum Gasteiger partial charge on any atom is 0.325 e. The van der Waals surface area contributed by atoms with E-state index in [0.717, 1.165) is 22.6 Å². The minimum atomic E-state index is -0.854. The van der Waals surface area contributed by atoms with E-state index in [-0.39, 0.29) is 18.0 Å². The van der Waals surface area contributed by atoms with Crippen LogP contribution in [0.25, 0.3) is 0 Å². The number of amides is 3. The molecule has 2 atom stereocenters. The molecule has 1 saturated heterocycles. The number of carbonyl (C=O) groups excluding carboxylic acids is 2. The molecule has 0 radical (unpaired) electrons. The first-order valence-electron chi connectivity index (χ1n) is 10.3. The lowest BCUT2D eigenvalue weighted by Gasteiger charge is -2.50. The van der Waals surface area contributed by atoms with Crippen molar-refractivity contribution in [2.45, 2.75) is 32.0 Å². The van der Waals surface area contributed by atoms with Gasteiger partial charge in [-0.05, 0) is 55.8 Å². The van der Waals surface area contributed by atoms with Crippen LogP contribution in [0, 0.1) is 6.92 Å². The first-order valence-corrected chi connectivity index (χ1v) is 10.3. The van der Waals surface area contributed by atoms with Gasteiger partial charge in [0.15, 0.2) is 5.72 Å². The van der Waals surface area contributed by atoms with Gasteiger partial charge in [-0.15, -0.1) is 0 Å². The molecule has 0 aromatic heterocycles. The average Bonchev–Trinajstić information content (AvgIpc) is 2.73. The fraction of sp³-hybridized carbons (Fsp3) is 0.200. The van der Waals surface area contributed by atoms with Gasteiger partial charge in [0.1, 0.15) is 5.75 Å². The van der Waals surface area contributed by atoms with Crippen LogP contribution >= 0.6 is 0 Å². The number of aryl methyl sites for hydroxylation is 1. The maximum absolute atomic E-state index is 13.1. The van der Waals surface area contributed by atoms with E-state index in [1.54, 1.807) is 23.1 Å². The normalized spacial score (nSPS) is 21.5. The Morgan fingerprint density at radius 2 is 1.90 bits per heavy atom. The van der Waals surface area contributed by atoms with E-state index >= 15 is 0 Å². The molecule has 3 amide bonds. The van der Waals surface area contributed by atoms with E-state index < -0.39 is 5.72 Å². The number of nitrogens with zero attached hydrogens (tertiary/aromatic N) is 1. The number of fused-ring (bicyclic) bond motifs is 4. The van der Waals surface area contributed by atoms with Crippen LogP contribution in [-0.2, 0) is 0 Å². The highest BCUT2D eigenvalue weighted by molar-refractivity contribution is 6.05. The van der Waals surface area contributed by atoms with Gasteiger partial charge in [0.25, 0.3) is 5.91 Å². The number of benzene rings is 3. The van der Waals surface area contributed by atoms with Crippen molar-refractivity contribution in [1.29, 1.82) is 0 Å². The molecule has 0 spiro atoms. The maximum atomic E-state index is 13.1. The minimum absolute atomic E-state index is 0.105. The van der Waals surface area contributed by atoms with E-state index in [1.807, 2.05) is 68.4 Å². The first kappa shape index (κ1) is 19.2. The van der Waals surface area contributed by atoms with E-state index in [1.165, 1.54) is 0 Å². The van der Waals surface area contributed by atoms with Gasteiger partial charge in [-0.2, -0.15) is 0 Å². The zero-order chi connectivity index (χ0) is 21.6. The number of rotatable bonds is 3. The number of urea groups is 1. The summed E-state index contributed by atoms with van der Waals surface area (Å²) in [5.41, 5.74) is 3.00. The molecule has 2 bridgehead atoms. The lowest BCUT2D eigenvalue weighted by molar-refractivity contribution is 0.0378. The molecule has 156 valence electrons. The van der Waals surface area contributed by atoms with Gasteiger partial charge in [-0.3, -0.25) is 9.69 Å². The summed E-state index contributed by atoms with van der Waals surface area (Å²) in [6, 6.07) is 22.1. The van der Waals surface area contributed by atoms with Crippen molar-refractivity contribution >= 4 is 23.3 Å². The van der Waals surface area contributed by atoms with Crippen molar-refractivity contribution in [1.82, 2.24) is 5.32 Å². The van der Waals surface area contributed by atoms with Crippen molar-refractivity contribution in [3.05, 3.63) is 89.5 Å². The molecule has 1 fully saturated rings. The van der Waals surface area contributed by atoms with E-state index in [0.29, 0.717) is 17.7 Å². The summed E-state index contributed by atoms with van der Waals surface area (Å²) in [6.07, 6.45) is 0.607. The summed E-state index contributed by atoms with van der Waals surface area (Å²) in [5, 5.41) is 6.00. The standard InChI is InChI=1S/C25H23N3O3/c1-16-7-5-9-18(13-16)26-23(29)17-8-6-10-19(14-17)28-24(30)27-21-15-25(28,2)31-22-12-4-3-11-20(21)22/h3-14,21H,15H2,1-2H3,(H,26,29)(H,27,30). The third-order valence-corrected chi connectivity index (χ3v) is 5.82. The fourth-order valence-corrected chi connectivity index (χ4v) is 4.43. The Kier molecular flexibility index (Phi) is 4.43. The highest BCUT2D eigenvalue weighted by atomic mass is 16.5. The number of para-hydroxylation sites is 1. The summed E-state index contributed by atoms with van der Waals surface area (Å²) in [4.78, 5) is 27.5. The number of carbonyl (C=O) groups is 2. The lowest BCUT2D eigenvalue weighted by Crippen LogP contribution is -2.65. The SMILES string of the molecule is Cc1cccc(NC(=O)c2cccc(N3C(=O)NC4CC3(C)Oc3ccccc34)c2)c1. The van der Waals surface area contributed by atoms with E-state index in [9.17, 15) is 9.59 Å². The summed E-state index contributed by atoms with van der Waals surface area (Å²) in [5.74, 6) is 0.530. The van der Waals surface area contributed by atoms with Gasteiger partial charge in [-0.1, -0.05) is 36.4 Å². The smallest absolute Gasteiger partial charge is 0.325 e. The summed E-state index contributed by atoms with van der Waals surface area (Å²) < 4.78 is 6.30. The largest absolute Gasteiger partial charge is 0.467 e. The van der Waals surface area contributed by atoms with E-state index in [2.05, 4.69) is 10.6 Å². The second-order valence-electron chi connectivity index (χ2n) is 8.23. The Labute approximate surface area is 180 Å². The van der Waals surface area contributed by atoms with Crippen molar-refractivity contribution in [2.75, 3.05) is 10.2 Å². The lowest BCUT2D eigenvalue weighted by atomic mass is 9.90. The highest BCUT2D eigenvalue weighted by Crippen LogP contribution is 2.45. The second-order valence-corrected chi connectivity index (χ2v) is 8.23. The van der Waals surface area contributed by atoms with E-state index in [4.69, 9.17) is 4.74 Å². The van der Waals surface area contributed by atoms with Crippen molar-refractivity contribution in [2.24, 2.45) is 0 Å². The summed E-state index contributed by atoms with van der Waals surface area (Å²) in [6.45, 7) is 3.88. The molecule has 6 nitrogen and oxygen atoms in total. The van der Waals surface area contributed by atoms with Crippen LogP contribution in [0.1, 0.15) is 40.9 Å². The molecule has 2 unspecified atom stereocenters. The van der Waals surface area contributed by atoms with Crippen LogP contribution < -0.4 is 20.3 Å². The van der Waals surface area contributed by atoms with Crippen LogP contribution in [0.2, 0.25) is 0 Å². The molecular formula is C25H23N3O3. The highest BCUT2D eigenvalue weighted by Gasteiger charge is 2.49. The summed E-state index contributed by atoms with van der Waals surface area (Å²) in [7, 11) is 0. The molecule has 2 aliphatic rings. The van der Waals surface area contributed by atoms with Gasteiger partial charge in [-0.25, -0.2) is 4.79 Å². The quantitative estimate of drug-likeness (QED) is 0.634. The molecule has 5 rings (SSSR count). The third kappa shape index (κ3) is 3.40. The topological polar surface area (TPSA) is 70.7 Å². The van der Waals surface area contributed by atoms with Crippen LogP contribution in [0.4, 0.5) is 16.2 Å². The Bertz CT molecular complexity index is 1190. The zero-order valence-corrected chi connectivity index (χ0v) is 17.4. The predicted octanol–water partition coefficient (Wildman–Crippen LogP) is 5.02. The number of anilines is 2. The third-order valence-electron chi connectivity index (χ3n) is 5.82. The molecule has 3 aromatic carbocycles. The Hall–Kier alpha value is -3.80. The molecular weight excluding hydrogens is 390 g/mol. The molecule has 3 aromatic rings. The fourth-order valence-electron chi connectivity index (χ4n) is 4.43. The zero-order valence-electron chi connectivity index (χ0n) is 17.4. The van der Waals surface area contributed by atoms with Crippen LogP contribution in [-0.4, -0.2) is 17.7 Å². The molecule has 31 heavy (non-hydrogen) atoms. The van der Waals surface area contributed by atoms with Crippen LogP contribution in [0.3, 0.4) is 0 Å². The Morgan fingerprint density at radius 1 is 1.10 bits per heavy atom. The molecule has 0 saturated carbocycles. The van der Waals surface area contributed by atoms with Gasteiger partial charge in [0.05, 0.1) is 11.7 Å². The molecule has 6 heteroatoms. The summed E-state index contributed by atoms with van der Waals surface area (Å²) >= 11 is 0. The second kappa shape index (κ2) is 7.16. The number of hydrogen-bond acceptors (Lipinski definition) is 3. The Balaban J connectivity index is 1.45. The van der Waals surface area contributed by atoms with Gasteiger partial charge in [0.2, 0.25) is 0 Å².